The van der Waals surface area contributed by atoms with Crippen molar-refractivity contribution in [1.29, 1.82) is 0 Å². The van der Waals surface area contributed by atoms with Gasteiger partial charge < -0.3 is 10.2 Å². The molecule has 0 bridgehead atoms. The van der Waals surface area contributed by atoms with E-state index in [0.29, 0.717) is 6.54 Å². The maximum atomic E-state index is 12.7. The van der Waals surface area contributed by atoms with Gasteiger partial charge in [-0.1, -0.05) is 54.6 Å². The Morgan fingerprint density at radius 3 is 2.64 bits per heavy atom. The van der Waals surface area contributed by atoms with Crippen molar-refractivity contribution < 1.29 is 4.79 Å². The summed E-state index contributed by atoms with van der Waals surface area (Å²) in [5.74, 6) is 0.0546. The molecule has 3 aromatic rings. The predicted molar refractivity (Wildman–Crippen MR) is 103 cm³/mol. The lowest BCUT2D eigenvalue weighted by Crippen LogP contribution is -2.38. The van der Waals surface area contributed by atoms with E-state index in [4.69, 9.17) is 0 Å². The first-order valence-electron chi connectivity index (χ1n) is 8.52. The van der Waals surface area contributed by atoms with E-state index in [1.54, 1.807) is 11.3 Å². The fraction of sp³-hybridized carbons (Fsp3) is 0.190. The zero-order valence-electron chi connectivity index (χ0n) is 13.9. The highest BCUT2D eigenvalue weighted by Gasteiger charge is 2.23. The maximum Gasteiger partial charge on any atom is 0.240 e. The van der Waals surface area contributed by atoms with Gasteiger partial charge in [0.25, 0.3) is 0 Å². The summed E-state index contributed by atoms with van der Waals surface area (Å²) in [5, 5.41) is 5.27. The second-order valence-corrected chi connectivity index (χ2v) is 7.21. The van der Waals surface area contributed by atoms with Crippen LogP contribution in [0.1, 0.15) is 22.0 Å². The number of hydrogen-bond donors (Lipinski definition) is 1. The van der Waals surface area contributed by atoms with Crippen LogP contribution in [0.2, 0.25) is 0 Å². The lowest BCUT2D eigenvalue weighted by Gasteiger charge is -2.22. The van der Waals surface area contributed by atoms with Crippen LogP contribution in [0.5, 0.6) is 0 Å². The lowest BCUT2D eigenvalue weighted by molar-refractivity contribution is -0.120. The zero-order chi connectivity index (χ0) is 17.1. The Kier molecular flexibility index (Phi) is 4.53. The molecule has 4 heteroatoms. The van der Waals surface area contributed by atoms with E-state index >= 15 is 0 Å². The largest absolute Gasteiger partial charge is 0.362 e. The topological polar surface area (TPSA) is 32.3 Å². The van der Waals surface area contributed by atoms with Gasteiger partial charge in [-0.25, -0.2) is 0 Å². The van der Waals surface area contributed by atoms with Crippen LogP contribution in [0.4, 0.5) is 5.69 Å². The van der Waals surface area contributed by atoms with Gasteiger partial charge in [0.15, 0.2) is 0 Å². The summed E-state index contributed by atoms with van der Waals surface area (Å²) in [7, 11) is 0. The molecule has 0 saturated heterocycles. The summed E-state index contributed by atoms with van der Waals surface area (Å²) in [6.45, 7) is 1.30. The minimum atomic E-state index is -0.0912. The number of amides is 1. The molecule has 1 atom stereocenters. The summed E-state index contributed by atoms with van der Waals surface area (Å²) in [4.78, 5) is 16.1. The molecule has 1 aliphatic heterocycles. The Hall–Kier alpha value is -2.59. The number of benzene rings is 2. The zero-order valence-corrected chi connectivity index (χ0v) is 14.7. The molecule has 126 valence electrons. The molecule has 1 amide bonds. The normalized spacial score (nSPS) is 14.2. The quantitative estimate of drug-likeness (QED) is 0.755. The average Bonchev–Trinajstić information content (AvgIpc) is 3.31. The van der Waals surface area contributed by atoms with Gasteiger partial charge in [-0.2, -0.15) is 0 Å². The molecule has 0 saturated carbocycles. The van der Waals surface area contributed by atoms with E-state index in [1.165, 1.54) is 11.3 Å². The fourth-order valence-electron chi connectivity index (χ4n) is 3.37. The van der Waals surface area contributed by atoms with Gasteiger partial charge in [0, 0.05) is 17.1 Å². The van der Waals surface area contributed by atoms with E-state index in [2.05, 4.69) is 46.6 Å². The van der Waals surface area contributed by atoms with Gasteiger partial charge in [-0.05, 0) is 35.1 Å². The molecule has 2 heterocycles. The van der Waals surface area contributed by atoms with Crippen molar-refractivity contribution in [2.75, 3.05) is 18.0 Å². The van der Waals surface area contributed by atoms with Crippen molar-refractivity contribution in [2.24, 2.45) is 0 Å². The molecular weight excluding hydrogens is 328 g/mol. The van der Waals surface area contributed by atoms with Crippen LogP contribution in [-0.4, -0.2) is 19.0 Å². The standard InChI is InChI=1S/C21H20N2OS/c24-20(15-23-13-12-16-7-4-5-10-18(16)23)22-21(19-11-6-14-25-19)17-8-2-1-3-9-17/h1-11,14,21H,12-13,15H2,(H,22,24)/t21-/m0/s1. The number of hydrogen-bond acceptors (Lipinski definition) is 3. The van der Waals surface area contributed by atoms with E-state index in [0.717, 1.165) is 23.4 Å². The Labute approximate surface area is 151 Å². The molecule has 1 N–H and O–H groups in total. The van der Waals surface area contributed by atoms with Crippen LogP contribution in [0, 0.1) is 0 Å². The molecule has 0 aliphatic carbocycles. The maximum absolute atomic E-state index is 12.7. The Morgan fingerprint density at radius 1 is 1.04 bits per heavy atom. The summed E-state index contributed by atoms with van der Waals surface area (Å²) < 4.78 is 0. The third-order valence-corrected chi connectivity index (χ3v) is 5.52. The highest BCUT2D eigenvalue weighted by Crippen LogP contribution is 2.28. The first kappa shape index (κ1) is 15.9. The Bertz CT molecular complexity index is 845. The number of nitrogens with zero attached hydrogens (tertiary/aromatic N) is 1. The highest BCUT2D eigenvalue weighted by molar-refractivity contribution is 7.10. The third-order valence-electron chi connectivity index (χ3n) is 4.58. The molecule has 1 aromatic heterocycles. The predicted octanol–water partition coefficient (Wildman–Crippen LogP) is 4.02. The van der Waals surface area contributed by atoms with Gasteiger partial charge in [0.05, 0.1) is 12.6 Å². The molecule has 25 heavy (non-hydrogen) atoms. The monoisotopic (exact) mass is 348 g/mol. The van der Waals surface area contributed by atoms with Gasteiger partial charge >= 0.3 is 0 Å². The van der Waals surface area contributed by atoms with E-state index in [1.807, 2.05) is 35.7 Å². The molecule has 0 spiro atoms. The summed E-state index contributed by atoms with van der Waals surface area (Å²) in [5.41, 5.74) is 3.62. The summed E-state index contributed by atoms with van der Waals surface area (Å²) in [6.07, 6.45) is 1.01. The van der Waals surface area contributed by atoms with Crippen LogP contribution in [0.3, 0.4) is 0 Å². The van der Waals surface area contributed by atoms with Crippen molar-refractivity contribution in [3.05, 3.63) is 88.1 Å². The van der Waals surface area contributed by atoms with Crippen LogP contribution >= 0.6 is 11.3 Å². The fourth-order valence-corrected chi connectivity index (χ4v) is 4.17. The second-order valence-electron chi connectivity index (χ2n) is 6.23. The number of carbonyl (C=O) groups excluding carboxylic acids is 1. The summed E-state index contributed by atoms with van der Waals surface area (Å²) in [6, 6.07) is 22.5. The smallest absolute Gasteiger partial charge is 0.240 e. The number of carbonyl (C=O) groups is 1. The number of fused-ring (bicyclic) bond motifs is 1. The molecule has 1 aliphatic rings. The molecular formula is C21H20N2OS. The van der Waals surface area contributed by atoms with Gasteiger partial charge in [0.2, 0.25) is 5.91 Å². The van der Waals surface area contributed by atoms with E-state index < -0.39 is 0 Å². The second kappa shape index (κ2) is 7.11. The third kappa shape index (κ3) is 3.44. The van der Waals surface area contributed by atoms with Crippen molar-refractivity contribution in [1.82, 2.24) is 5.32 Å². The SMILES string of the molecule is O=C(CN1CCc2ccccc21)N[C@@H](c1ccccc1)c1cccs1. The van der Waals surface area contributed by atoms with E-state index in [9.17, 15) is 4.79 Å². The lowest BCUT2D eigenvalue weighted by atomic mass is 10.1. The highest BCUT2D eigenvalue weighted by atomic mass is 32.1. The first-order valence-corrected chi connectivity index (χ1v) is 9.40. The number of para-hydroxylation sites is 1. The molecule has 0 fully saturated rings. The van der Waals surface area contributed by atoms with E-state index in [-0.39, 0.29) is 11.9 Å². The van der Waals surface area contributed by atoms with Gasteiger partial charge in [-0.3, -0.25) is 4.79 Å². The van der Waals surface area contributed by atoms with Gasteiger partial charge in [-0.15, -0.1) is 11.3 Å². The molecule has 4 rings (SSSR count). The van der Waals surface area contributed by atoms with Crippen molar-refractivity contribution in [3.8, 4) is 0 Å². The number of anilines is 1. The number of thiophene rings is 1. The minimum Gasteiger partial charge on any atom is -0.362 e. The number of rotatable bonds is 5. The summed E-state index contributed by atoms with van der Waals surface area (Å²) >= 11 is 1.67. The van der Waals surface area contributed by atoms with Gasteiger partial charge in [0.1, 0.15) is 0 Å². The van der Waals surface area contributed by atoms with Crippen LogP contribution < -0.4 is 10.2 Å². The Balaban J connectivity index is 1.50. The number of nitrogens with one attached hydrogen (secondary N) is 1. The van der Waals surface area contributed by atoms with Crippen molar-refractivity contribution in [3.63, 3.8) is 0 Å². The van der Waals surface area contributed by atoms with Crippen molar-refractivity contribution >= 4 is 22.9 Å². The van der Waals surface area contributed by atoms with Crippen LogP contribution in [0.25, 0.3) is 0 Å². The molecule has 0 radical (unpaired) electrons. The van der Waals surface area contributed by atoms with Crippen LogP contribution in [-0.2, 0) is 11.2 Å². The molecule has 3 nitrogen and oxygen atoms in total. The molecule has 2 aromatic carbocycles. The van der Waals surface area contributed by atoms with Crippen molar-refractivity contribution in [2.45, 2.75) is 12.5 Å². The average molecular weight is 348 g/mol. The van der Waals surface area contributed by atoms with Crippen LogP contribution in [0.15, 0.2) is 72.1 Å². The minimum absolute atomic E-state index is 0.0546. The first-order chi connectivity index (χ1) is 12.3. The Morgan fingerprint density at radius 2 is 1.84 bits per heavy atom. The molecule has 0 unspecified atom stereocenters.